The quantitative estimate of drug-likeness (QED) is 0.350. The summed E-state index contributed by atoms with van der Waals surface area (Å²) < 4.78 is 16.1. The minimum atomic E-state index is 0. The SMILES string of the molecule is CCNC(=NCc1cc(OC)c(OC)cc1OC)NC(C)C(C)C.I. The van der Waals surface area contributed by atoms with E-state index in [0.29, 0.717) is 30.0 Å². The molecule has 1 aromatic rings. The van der Waals surface area contributed by atoms with Crippen LogP contribution in [0.5, 0.6) is 17.2 Å². The highest BCUT2D eigenvalue weighted by atomic mass is 127. The van der Waals surface area contributed by atoms with Crippen LogP contribution in [-0.2, 0) is 6.54 Å². The van der Waals surface area contributed by atoms with E-state index in [2.05, 4.69) is 36.4 Å². The second-order valence-corrected chi connectivity index (χ2v) is 5.89. The van der Waals surface area contributed by atoms with Crippen LogP contribution in [0.2, 0.25) is 0 Å². The van der Waals surface area contributed by atoms with E-state index in [9.17, 15) is 0 Å². The zero-order valence-corrected chi connectivity index (χ0v) is 18.6. The largest absolute Gasteiger partial charge is 0.496 e. The third-order valence-corrected chi connectivity index (χ3v) is 3.90. The van der Waals surface area contributed by atoms with Gasteiger partial charge in [-0.1, -0.05) is 13.8 Å². The molecule has 6 nitrogen and oxygen atoms in total. The topological polar surface area (TPSA) is 64.1 Å². The van der Waals surface area contributed by atoms with Crippen molar-refractivity contribution in [3.8, 4) is 17.2 Å². The van der Waals surface area contributed by atoms with E-state index >= 15 is 0 Å². The summed E-state index contributed by atoms with van der Waals surface area (Å²) in [4.78, 5) is 4.66. The predicted molar refractivity (Wildman–Crippen MR) is 114 cm³/mol. The van der Waals surface area contributed by atoms with Gasteiger partial charge in [-0.2, -0.15) is 0 Å². The lowest BCUT2D eigenvalue weighted by Crippen LogP contribution is -2.44. The number of benzene rings is 1. The predicted octanol–water partition coefficient (Wildman–Crippen LogP) is 3.43. The smallest absolute Gasteiger partial charge is 0.191 e. The molecular weight excluding hydrogens is 433 g/mol. The lowest BCUT2D eigenvalue weighted by Gasteiger charge is -2.21. The van der Waals surface area contributed by atoms with Crippen LogP contribution in [0.1, 0.15) is 33.3 Å². The van der Waals surface area contributed by atoms with Crippen molar-refractivity contribution in [1.29, 1.82) is 0 Å². The van der Waals surface area contributed by atoms with E-state index in [4.69, 9.17) is 14.2 Å². The Morgan fingerprint density at radius 2 is 1.56 bits per heavy atom. The van der Waals surface area contributed by atoms with Gasteiger partial charge in [0.15, 0.2) is 17.5 Å². The molecule has 0 aliphatic carbocycles. The third kappa shape index (κ3) is 7.17. The molecule has 0 amide bonds. The van der Waals surface area contributed by atoms with Gasteiger partial charge in [-0.25, -0.2) is 4.99 Å². The van der Waals surface area contributed by atoms with E-state index in [-0.39, 0.29) is 24.0 Å². The van der Waals surface area contributed by atoms with Crippen LogP contribution in [-0.4, -0.2) is 39.9 Å². The van der Waals surface area contributed by atoms with E-state index in [0.717, 1.165) is 23.8 Å². The molecule has 0 spiro atoms. The van der Waals surface area contributed by atoms with Crippen molar-refractivity contribution in [2.24, 2.45) is 10.9 Å². The minimum absolute atomic E-state index is 0. The highest BCUT2D eigenvalue weighted by Gasteiger charge is 2.13. The average Bonchev–Trinajstić information content (AvgIpc) is 2.58. The maximum absolute atomic E-state index is 5.45. The Balaban J connectivity index is 0.00000576. The van der Waals surface area contributed by atoms with Gasteiger partial charge < -0.3 is 24.8 Å². The van der Waals surface area contributed by atoms with Crippen molar-refractivity contribution < 1.29 is 14.2 Å². The number of ether oxygens (including phenoxy) is 3. The highest BCUT2D eigenvalue weighted by molar-refractivity contribution is 14.0. The standard InChI is InChI=1S/C18H31N3O3.HI/c1-8-19-18(21-13(4)12(2)3)20-11-14-9-16(23-6)17(24-7)10-15(14)22-5;/h9-10,12-13H,8,11H2,1-7H3,(H2,19,20,21);1H. The van der Waals surface area contributed by atoms with Crippen LogP contribution < -0.4 is 24.8 Å². The Bertz CT molecular complexity index is 551. The highest BCUT2D eigenvalue weighted by Crippen LogP contribution is 2.34. The fraction of sp³-hybridized carbons (Fsp3) is 0.611. The molecule has 0 bridgehead atoms. The number of halogens is 1. The van der Waals surface area contributed by atoms with E-state index in [1.165, 1.54) is 0 Å². The number of guanidine groups is 1. The first-order valence-corrected chi connectivity index (χ1v) is 8.30. The van der Waals surface area contributed by atoms with E-state index < -0.39 is 0 Å². The van der Waals surface area contributed by atoms with Crippen LogP contribution in [0.4, 0.5) is 0 Å². The second-order valence-electron chi connectivity index (χ2n) is 5.89. The summed E-state index contributed by atoms with van der Waals surface area (Å²) in [6, 6.07) is 4.05. The molecule has 0 aliphatic heterocycles. The van der Waals surface area contributed by atoms with Gasteiger partial charge in [-0.05, 0) is 25.8 Å². The number of rotatable bonds is 8. The van der Waals surface area contributed by atoms with Gasteiger partial charge >= 0.3 is 0 Å². The normalized spacial score (nSPS) is 12.2. The van der Waals surface area contributed by atoms with Crippen molar-refractivity contribution in [1.82, 2.24) is 10.6 Å². The lowest BCUT2D eigenvalue weighted by molar-refractivity contribution is 0.347. The molecule has 0 saturated carbocycles. The van der Waals surface area contributed by atoms with Crippen LogP contribution >= 0.6 is 24.0 Å². The number of nitrogens with one attached hydrogen (secondary N) is 2. The molecule has 1 aromatic carbocycles. The second kappa shape index (κ2) is 12.1. The van der Waals surface area contributed by atoms with Gasteiger partial charge in [0.05, 0.1) is 27.9 Å². The van der Waals surface area contributed by atoms with Gasteiger partial charge in [-0.15, -0.1) is 24.0 Å². The molecule has 7 heteroatoms. The van der Waals surface area contributed by atoms with Crippen LogP contribution in [0.15, 0.2) is 17.1 Å². The molecule has 25 heavy (non-hydrogen) atoms. The van der Waals surface area contributed by atoms with Crippen molar-refractivity contribution in [2.75, 3.05) is 27.9 Å². The third-order valence-electron chi connectivity index (χ3n) is 3.90. The zero-order chi connectivity index (χ0) is 18.1. The van der Waals surface area contributed by atoms with Crippen molar-refractivity contribution in [3.05, 3.63) is 17.7 Å². The van der Waals surface area contributed by atoms with Gasteiger partial charge in [0.25, 0.3) is 0 Å². The summed E-state index contributed by atoms with van der Waals surface area (Å²) in [5, 5.41) is 6.69. The summed E-state index contributed by atoms with van der Waals surface area (Å²) in [5.74, 6) is 3.33. The monoisotopic (exact) mass is 465 g/mol. The Labute approximate surface area is 168 Å². The van der Waals surface area contributed by atoms with Crippen LogP contribution in [0, 0.1) is 5.92 Å². The molecule has 2 N–H and O–H groups in total. The molecule has 0 heterocycles. The molecule has 1 rings (SSSR count). The molecule has 0 radical (unpaired) electrons. The summed E-state index contributed by atoms with van der Waals surface area (Å²) in [6.45, 7) is 9.84. The Morgan fingerprint density at radius 3 is 2.04 bits per heavy atom. The number of nitrogens with zero attached hydrogens (tertiary/aromatic N) is 1. The number of hydrogen-bond donors (Lipinski definition) is 2. The number of hydrogen-bond acceptors (Lipinski definition) is 4. The van der Waals surface area contributed by atoms with Crippen LogP contribution in [0.3, 0.4) is 0 Å². The molecule has 0 fully saturated rings. The Morgan fingerprint density at radius 1 is 1.00 bits per heavy atom. The van der Waals surface area contributed by atoms with Gasteiger partial charge in [-0.3, -0.25) is 0 Å². The summed E-state index contributed by atoms with van der Waals surface area (Å²) in [5.41, 5.74) is 0.935. The van der Waals surface area contributed by atoms with Crippen molar-refractivity contribution in [3.63, 3.8) is 0 Å². The molecule has 144 valence electrons. The minimum Gasteiger partial charge on any atom is -0.496 e. The summed E-state index contributed by atoms with van der Waals surface area (Å²) in [7, 11) is 4.86. The summed E-state index contributed by atoms with van der Waals surface area (Å²) >= 11 is 0. The zero-order valence-electron chi connectivity index (χ0n) is 16.3. The first-order chi connectivity index (χ1) is 11.5. The van der Waals surface area contributed by atoms with Crippen LogP contribution in [0.25, 0.3) is 0 Å². The van der Waals surface area contributed by atoms with Crippen molar-refractivity contribution in [2.45, 2.75) is 40.3 Å². The van der Waals surface area contributed by atoms with Crippen molar-refractivity contribution >= 4 is 29.9 Å². The fourth-order valence-electron chi connectivity index (χ4n) is 2.08. The molecule has 1 unspecified atom stereocenters. The maximum Gasteiger partial charge on any atom is 0.191 e. The van der Waals surface area contributed by atoms with E-state index in [1.807, 2.05) is 19.1 Å². The maximum atomic E-state index is 5.45. The first kappa shape index (κ1) is 23.6. The molecule has 0 aliphatic rings. The van der Waals surface area contributed by atoms with Gasteiger partial charge in [0.1, 0.15) is 5.75 Å². The van der Waals surface area contributed by atoms with Gasteiger partial charge in [0.2, 0.25) is 0 Å². The molecular formula is C18H32IN3O3. The molecule has 0 aromatic heterocycles. The van der Waals surface area contributed by atoms with E-state index in [1.54, 1.807) is 21.3 Å². The fourth-order valence-corrected chi connectivity index (χ4v) is 2.08. The summed E-state index contributed by atoms with van der Waals surface area (Å²) in [6.07, 6.45) is 0. The Kier molecular flexibility index (Phi) is 11.4. The lowest BCUT2D eigenvalue weighted by atomic mass is 10.1. The van der Waals surface area contributed by atoms with Gasteiger partial charge in [0, 0.05) is 24.2 Å². The number of aliphatic imine (C=N–C) groups is 1. The molecule has 1 atom stereocenters. The number of methoxy groups -OCH3 is 3. The molecule has 0 saturated heterocycles. The average molecular weight is 465 g/mol. The first-order valence-electron chi connectivity index (χ1n) is 8.30. The Hall–Kier alpha value is -1.38.